The Morgan fingerprint density at radius 1 is 1.25 bits per heavy atom. The Balaban J connectivity index is 2.11. The van der Waals surface area contributed by atoms with E-state index in [1.165, 1.54) is 18.2 Å². The molecule has 0 heterocycles. The molecule has 0 atom stereocenters. The van der Waals surface area contributed by atoms with Gasteiger partial charge in [0.25, 0.3) is 5.91 Å². The molecule has 1 N–H and O–H groups in total. The Bertz CT molecular complexity index is 677. The van der Waals surface area contributed by atoms with Crippen LogP contribution in [0, 0.1) is 17.1 Å². The Morgan fingerprint density at radius 2 is 1.95 bits per heavy atom. The van der Waals surface area contributed by atoms with Crippen LogP contribution in [0.3, 0.4) is 0 Å². The monoisotopic (exact) mass is 288 g/mol. The lowest BCUT2D eigenvalue weighted by atomic mass is 10.1. The third-order valence-electron chi connectivity index (χ3n) is 2.68. The number of rotatable bonds is 3. The number of nitrogens with one attached hydrogen (secondary N) is 1. The van der Waals surface area contributed by atoms with Gasteiger partial charge in [-0.15, -0.1) is 0 Å². The molecule has 0 fully saturated rings. The zero-order chi connectivity index (χ0) is 14.5. The molecule has 2 aromatic carbocycles. The number of hydrogen-bond acceptors (Lipinski definition) is 2. The number of carbonyl (C=O) groups is 1. The van der Waals surface area contributed by atoms with E-state index in [2.05, 4.69) is 5.32 Å². The lowest BCUT2D eigenvalue weighted by Crippen LogP contribution is -2.11. The number of nitriles is 1. The lowest BCUT2D eigenvalue weighted by Gasteiger charge is -2.06. The van der Waals surface area contributed by atoms with Gasteiger partial charge in [0.15, 0.2) is 0 Å². The van der Waals surface area contributed by atoms with E-state index in [1.807, 2.05) is 6.07 Å². The van der Waals surface area contributed by atoms with Crippen LogP contribution >= 0.6 is 11.6 Å². The molecule has 100 valence electrons. The quantitative estimate of drug-likeness (QED) is 0.934. The van der Waals surface area contributed by atoms with Crippen LogP contribution in [0.25, 0.3) is 0 Å². The molecule has 5 heteroatoms. The van der Waals surface area contributed by atoms with Crippen LogP contribution in [-0.4, -0.2) is 5.91 Å². The van der Waals surface area contributed by atoms with Crippen LogP contribution in [0.1, 0.15) is 15.9 Å². The summed E-state index contributed by atoms with van der Waals surface area (Å²) in [5, 5.41) is 11.1. The average molecular weight is 289 g/mol. The van der Waals surface area contributed by atoms with Crippen LogP contribution in [0.4, 0.5) is 10.1 Å². The highest BCUT2D eigenvalue weighted by atomic mass is 35.5. The number of carbonyl (C=O) groups excluding carboxylic acids is 1. The van der Waals surface area contributed by atoms with Gasteiger partial charge in [0.1, 0.15) is 5.82 Å². The highest BCUT2D eigenvalue weighted by Crippen LogP contribution is 2.20. The summed E-state index contributed by atoms with van der Waals surface area (Å²) in [6, 6.07) is 12.7. The van der Waals surface area contributed by atoms with Gasteiger partial charge in [-0.2, -0.15) is 5.26 Å². The number of halogens is 2. The first-order valence-corrected chi connectivity index (χ1v) is 6.20. The average Bonchev–Trinajstić information content (AvgIpc) is 2.44. The summed E-state index contributed by atoms with van der Waals surface area (Å²) in [6.07, 6.45) is 0.301. The molecule has 0 aliphatic rings. The summed E-state index contributed by atoms with van der Waals surface area (Å²) in [5.74, 6) is -0.860. The van der Waals surface area contributed by atoms with Gasteiger partial charge in [-0.3, -0.25) is 4.79 Å². The van der Waals surface area contributed by atoms with Gasteiger partial charge in [-0.05, 0) is 35.9 Å². The van der Waals surface area contributed by atoms with Gasteiger partial charge in [0.2, 0.25) is 0 Å². The van der Waals surface area contributed by atoms with Gasteiger partial charge in [0.05, 0.1) is 17.5 Å². The van der Waals surface area contributed by atoms with Crippen molar-refractivity contribution >= 4 is 23.2 Å². The van der Waals surface area contributed by atoms with E-state index >= 15 is 0 Å². The molecule has 0 saturated carbocycles. The Hall–Kier alpha value is -2.38. The van der Waals surface area contributed by atoms with E-state index in [-0.39, 0.29) is 10.9 Å². The fourth-order valence-electron chi connectivity index (χ4n) is 1.64. The first-order chi connectivity index (χ1) is 9.60. The maximum Gasteiger partial charge on any atom is 0.255 e. The van der Waals surface area contributed by atoms with Crippen molar-refractivity contribution in [3.63, 3.8) is 0 Å². The second-order valence-corrected chi connectivity index (χ2v) is 4.52. The minimum atomic E-state index is -0.537. The fraction of sp³-hybridized carbons (Fsp3) is 0.0667. The fourth-order valence-corrected chi connectivity index (χ4v) is 1.82. The minimum absolute atomic E-state index is 0.0489. The summed E-state index contributed by atoms with van der Waals surface area (Å²) in [7, 11) is 0. The minimum Gasteiger partial charge on any atom is -0.322 e. The number of amides is 1. The number of hydrogen-bond donors (Lipinski definition) is 1. The second-order valence-electron chi connectivity index (χ2n) is 4.11. The zero-order valence-corrected chi connectivity index (χ0v) is 11.1. The summed E-state index contributed by atoms with van der Waals surface area (Å²) in [6.45, 7) is 0. The highest BCUT2D eigenvalue weighted by Gasteiger charge is 2.07. The molecule has 3 nitrogen and oxygen atoms in total. The molecular formula is C15H10ClFN2O. The summed E-state index contributed by atoms with van der Waals surface area (Å²) in [5.41, 5.74) is 1.71. The van der Waals surface area contributed by atoms with Crippen LogP contribution in [0.2, 0.25) is 5.02 Å². The molecule has 1 amide bonds. The highest BCUT2D eigenvalue weighted by molar-refractivity contribution is 6.31. The molecule has 2 rings (SSSR count). The van der Waals surface area contributed by atoms with E-state index in [1.54, 1.807) is 24.3 Å². The summed E-state index contributed by atoms with van der Waals surface area (Å²) >= 11 is 5.64. The second kappa shape index (κ2) is 6.18. The molecule has 2 aromatic rings. The van der Waals surface area contributed by atoms with Crippen molar-refractivity contribution < 1.29 is 9.18 Å². The van der Waals surface area contributed by atoms with Crippen molar-refractivity contribution in [3.05, 3.63) is 64.4 Å². The zero-order valence-electron chi connectivity index (χ0n) is 10.4. The molecular weight excluding hydrogens is 279 g/mol. The van der Waals surface area contributed by atoms with Gasteiger partial charge in [-0.1, -0.05) is 23.7 Å². The first-order valence-electron chi connectivity index (χ1n) is 5.82. The normalized spacial score (nSPS) is 9.85. The Labute approximate surface area is 120 Å². The van der Waals surface area contributed by atoms with E-state index in [0.29, 0.717) is 17.7 Å². The standard InChI is InChI=1S/C15H10ClFN2O/c16-13-9-12(5-6-14(13)17)19-15(20)11-3-1-10(2-4-11)7-8-18/h1-6,9H,7H2,(H,19,20). The van der Waals surface area contributed by atoms with Crippen molar-refractivity contribution in [2.24, 2.45) is 0 Å². The van der Waals surface area contributed by atoms with Crippen LogP contribution in [0.5, 0.6) is 0 Å². The topological polar surface area (TPSA) is 52.9 Å². The summed E-state index contributed by atoms with van der Waals surface area (Å²) < 4.78 is 13.0. The van der Waals surface area contributed by atoms with Gasteiger partial charge >= 0.3 is 0 Å². The largest absolute Gasteiger partial charge is 0.322 e. The van der Waals surface area contributed by atoms with Crippen LogP contribution in [0.15, 0.2) is 42.5 Å². The van der Waals surface area contributed by atoms with Crippen molar-refractivity contribution in [1.82, 2.24) is 0 Å². The molecule has 20 heavy (non-hydrogen) atoms. The molecule has 0 saturated heterocycles. The Kier molecular flexibility index (Phi) is 4.34. The van der Waals surface area contributed by atoms with Crippen molar-refractivity contribution in [1.29, 1.82) is 5.26 Å². The molecule has 0 aliphatic heterocycles. The van der Waals surface area contributed by atoms with Crippen molar-refractivity contribution in [2.45, 2.75) is 6.42 Å². The van der Waals surface area contributed by atoms with Crippen LogP contribution in [-0.2, 0) is 6.42 Å². The smallest absolute Gasteiger partial charge is 0.255 e. The van der Waals surface area contributed by atoms with Crippen molar-refractivity contribution in [3.8, 4) is 6.07 Å². The van der Waals surface area contributed by atoms with Gasteiger partial charge in [0, 0.05) is 11.3 Å². The number of benzene rings is 2. The van der Waals surface area contributed by atoms with E-state index in [4.69, 9.17) is 16.9 Å². The number of anilines is 1. The molecule has 0 aromatic heterocycles. The first kappa shape index (κ1) is 14.0. The third kappa shape index (κ3) is 3.34. The van der Waals surface area contributed by atoms with E-state index < -0.39 is 5.82 Å². The predicted octanol–water partition coefficient (Wildman–Crippen LogP) is 3.80. The van der Waals surface area contributed by atoms with E-state index in [9.17, 15) is 9.18 Å². The van der Waals surface area contributed by atoms with E-state index in [0.717, 1.165) is 5.56 Å². The van der Waals surface area contributed by atoms with Gasteiger partial charge in [-0.25, -0.2) is 4.39 Å². The molecule has 0 radical (unpaired) electrons. The maximum absolute atomic E-state index is 13.0. The maximum atomic E-state index is 13.0. The molecule has 0 spiro atoms. The summed E-state index contributed by atoms with van der Waals surface area (Å²) in [4.78, 5) is 12.0. The Morgan fingerprint density at radius 3 is 2.55 bits per heavy atom. The van der Waals surface area contributed by atoms with Crippen molar-refractivity contribution in [2.75, 3.05) is 5.32 Å². The SMILES string of the molecule is N#CCc1ccc(C(=O)Nc2ccc(F)c(Cl)c2)cc1. The molecule has 0 bridgehead atoms. The van der Waals surface area contributed by atoms with Gasteiger partial charge < -0.3 is 5.32 Å². The third-order valence-corrected chi connectivity index (χ3v) is 2.97. The van der Waals surface area contributed by atoms with Crippen LogP contribution < -0.4 is 5.32 Å². The predicted molar refractivity (Wildman–Crippen MR) is 75.1 cm³/mol. The molecule has 0 aliphatic carbocycles. The molecule has 0 unspecified atom stereocenters. The lowest BCUT2D eigenvalue weighted by molar-refractivity contribution is 0.102. The number of nitrogens with zero attached hydrogens (tertiary/aromatic N) is 1.